The molecule has 2 fully saturated rings. The minimum atomic E-state index is -0.493. The maximum Gasteiger partial charge on any atom is 0.330 e. The first kappa shape index (κ1) is 18.4. The Morgan fingerprint density at radius 2 is 2.12 bits per heavy atom. The fraction of sp³-hybridized carbons (Fsp3) is 0.526. The molecule has 3 rings (SSSR count). The van der Waals surface area contributed by atoms with Crippen LogP contribution in [-0.4, -0.2) is 48.1 Å². The Morgan fingerprint density at radius 1 is 1.35 bits per heavy atom. The van der Waals surface area contributed by atoms with E-state index < -0.39 is 5.97 Å². The summed E-state index contributed by atoms with van der Waals surface area (Å²) in [5, 5.41) is 14.8. The van der Waals surface area contributed by atoms with Crippen LogP contribution in [0.25, 0.3) is 6.08 Å². The molecule has 0 spiro atoms. The molecule has 2 aliphatic rings. The second-order valence-corrected chi connectivity index (χ2v) is 6.95. The second-order valence-electron chi connectivity index (χ2n) is 6.95. The van der Waals surface area contributed by atoms with E-state index in [-0.39, 0.29) is 16.7 Å². The highest BCUT2D eigenvalue weighted by atomic mass is 16.6. The smallest absolute Gasteiger partial charge is 0.330 e. The van der Waals surface area contributed by atoms with E-state index in [1.807, 2.05) is 0 Å². The summed E-state index contributed by atoms with van der Waals surface area (Å²) in [5.41, 5.74) is 1.14. The Bertz CT molecular complexity index is 698. The number of rotatable bonds is 6. The van der Waals surface area contributed by atoms with E-state index in [4.69, 9.17) is 0 Å². The molecule has 1 aromatic rings. The van der Waals surface area contributed by atoms with E-state index in [0.29, 0.717) is 17.3 Å². The van der Waals surface area contributed by atoms with E-state index in [0.717, 1.165) is 19.5 Å². The fourth-order valence-electron chi connectivity index (χ4n) is 3.88. The first-order valence-corrected chi connectivity index (χ1v) is 9.12. The zero-order chi connectivity index (χ0) is 18.5. The van der Waals surface area contributed by atoms with Gasteiger partial charge >= 0.3 is 5.97 Å². The molecule has 1 saturated heterocycles. The van der Waals surface area contributed by atoms with Gasteiger partial charge in [-0.15, -0.1) is 0 Å². The quantitative estimate of drug-likeness (QED) is 0.363. The second kappa shape index (κ2) is 8.31. The lowest BCUT2D eigenvalue weighted by Gasteiger charge is -2.23. The predicted octanol–water partition coefficient (Wildman–Crippen LogP) is 3.21. The van der Waals surface area contributed by atoms with Crippen molar-refractivity contribution in [2.75, 3.05) is 25.5 Å². The van der Waals surface area contributed by atoms with Gasteiger partial charge in [0.2, 0.25) is 0 Å². The van der Waals surface area contributed by atoms with Crippen molar-refractivity contribution < 1.29 is 14.5 Å². The minimum Gasteiger partial charge on any atom is -0.466 e. The fourth-order valence-corrected chi connectivity index (χ4v) is 3.88. The first-order chi connectivity index (χ1) is 12.6. The van der Waals surface area contributed by atoms with Crippen LogP contribution in [0.15, 0.2) is 24.3 Å². The third-order valence-electron chi connectivity index (χ3n) is 5.25. The number of carbonyl (C=O) groups is 1. The van der Waals surface area contributed by atoms with Gasteiger partial charge in [-0.05, 0) is 37.0 Å². The molecule has 1 aliphatic carbocycles. The number of nitro benzene ring substituents is 1. The maximum atomic E-state index is 11.5. The Kier molecular flexibility index (Phi) is 5.88. The van der Waals surface area contributed by atoms with Gasteiger partial charge in [0.25, 0.3) is 5.69 Å². The molecule has 0 amide bonds. The minimum absolute atomic E-state index is 0.0244. The Morgan fingerprint density at radius 3 is 2.81 bits per heavy atom. The summed E-state index contributed by atoms with van der Waals surface area (Å²) in [5.74, 6) is -0.493. The van der Waals surface area contributed by atoms with Crippen LogP contribution in [0.4, 0.5) is 11.4 Å². The van der Waals surface area contributed by atoms with Crippen LogP contribution in [0.3, 0.4) is 0 Å². The molecule has 1 atom stereocenters. The number of nitrogens with zero attached hydrogens (tertiary/aromatic N) is 2. The lowest BCUT2D eigenvalue weighted by Crippen LogP contribution is -2.33. The Labute approximate surface area is 153 Å². The molecule has 7 nitrogen and oxygen atoms in total. The topological polar surface area (TPSA) is 84.7 Å². The van der Waals surface area contributed by atoms with Crippen molar-refractivity contribution in [2.45, 2.75) is 44.2 Å². The lowest BCUT2D eigenvalue weighted by molar-refractivity contribution is -0.384. The highest BCUT2D eigenvalue weighted by Gasteiger charge is 2.30. The van der Waals surface area contributed by atoms with Crippen LogP contribution in [0.2, 0.25) is 0 Å². The van der Waals surface area contributed by atoms with Crippen molar-refractivity contribution in [3.63, 3.8) is 0 Å². The van der Waals surface area contributed by atoms with Gasteiger partial charge in [0.15, 0.2) is 0 Å². The van der Waals surface area contributed by atoms with Gasteiger partial charge < -0.3 is 10.1 Å². The largest absolute Gasteiger partial charge is 0.466 e. The first-order valence-electron chi connectivity index (χ1n) is 9.12. The number of carbonyl (C=O) groups excluding carboxylic acids is 1. The van der Waals surface area contributed by atoms with Gasteiger partial charge in [-0.1, -0.05) is 18.9 Å². The van der Waals surface area contributed by atoms with Crippen LogP contribution in [0.5, 0.6) is 0 Å². The number of esters is 1. The maximum absolute atomic E-state index is 11.5. The molecule has 1 heterocycles. The average molecular weight is 359 g/mol. The SMILES string of the molecule is COC(=O)/C=C/c1ccc(NC2CCN(C3CCCC3)C2)c([N+](=O)[O-])c1. The van der Waals surface area contributed by atoms with Crippen molar-refractivity contribution in [1.82, 2.24) is 4.90 Å². The van der Waals surface area contributed by atoms with Crippen LogP contribution < -0.4 is 5.32 Å². The molecule has 1 aromatic carbocycles. The summed E-state index contributed by atoms with van der Waals surface area (Å²) < 4.78 is 4.54. The Hall–Kier alpha value is -2.41. The van der Waals surface area contributed by atoms with Gasteiger partial charge in [-0.3, -0.25) is 15.0 Å². The summed E-state index contributed by atoms with van der Waals surface area (Å²) in [6, 6.07) is 5.87. The van der Waals surface area contributed by atoms with Gasteiger partial charge in [0.05, 0.1) is 12.0 Å². The van der Waals surface area contributed by atoms with E-state index in [1.54, 1.807) is 12.1 Å². The van der Waals surface area contributed by atoms with Crippen LogP contribution in [-0.2, 0) is 9.53 Å². The number of ether oxygens (including phenoxy) is 1. The molecule has 1 N–H and O–H groups in total. The average Bonchev–Trinajstić information content (AvgIpc) is 3.31. The van der Waals surface area contributed by atoms with Gasteiger partial charge in [0.1, 0.15) is 5.69 Å². The zero-order valence-corrected chi connectivity index (χ0v) is 15.0. The van der Waals surface area contributed by atoms with Crippen LogP contribution in [0, 0.1) is 10.1 Å². The molecule has 7 heteroatoms. The molecule has 0 bridgehead atoms. The van der Waals surface area contributed by atoms with Crippen molar-refractivity contribution in [3.8, 4) is 0 Å². The van der Waals surface area contributed by atoms with Gasteiger partial charge in [-0.2, -0.15) is 0 Å². The zero-order valence-electron chi connectivity index (χ0n) is 15.0. The molecule has 140 valence electrons. The van der Waals surface area contributed by atoms with Crippen LogP contribution in [0.1, 0.15) is 37.7 Å². The normalized spacial score (nSPS) is 21.3. The van der Waals surface area contributed by atoms with Crippen molar-refractivity contribution in [2.24, 2.45) is 0 Å². The highest BCUT2D eigenvalue weighted by Crippen LogP contribution is 2.30. The van der Waals surface area contributed by atoms with Crippen molar-refractivity contribution in [3.05, 3.63) is 40.0 Å². The van der Waals surface area contributed by atoms with Gasteiger partial charge in [-0.25, -0.2) is 4.79 Å². The monoisotopic (exact) mass is 359 g/mol. The summed E-state index contributed by atoms with van der Waals surface area (Å²) in [7, 11) is 1.29. The molecular formula is C19H25N3O4. The number of benzene rings is 1. The summed E-state index contributed by atoms with van der Waals surface area (Å²) in [6.07, 6.45) is 8.93. The molecule has 1 saturated carbocycles. The highest BCUT2D eigenvalue weighted by molar-refractivity contribution is 5.87. The number of nitro groups is 1. The van der Waals surface area contributed by atoms with Crippen LogP contribution >= 0.6 is 0 Å². The van der Waals surface area contributed by atoms with E-state index in [2.05, 4.69) is 15.0 Å². The molecule has 26 heavy (non-hydrogen) atoms. The van der Waals surface area contributed by atoms with Gasteiger partial charge in [0, 0.05) is 37.3 Å². The molecule has 0 aromatic heterocycles. The third-order valence-corrected chi connectivity index (χ3v) is 5.25. The number of hydrogen-bond acceptors (Lipinski definition) is 6. The molecular weight excluding hydrogens is 334 g/mol. The molecule has 1 aliphatic heterocycles. The molecule has 0 radical (unpaired) electrons. The van der Waals surface area contributed by atoms with E-state index in [9.17, 15) is 14.9 Å². The number of anilines is 1. The predicted molar refractivity (Wildman–Crippen MR) is 100 cm³/mol. The number of likely N-dealkylation sites (tertiary alicyclic amines) is 1. The van der Waals surface area contributed by atoms with Crippen molar-refractivity contribution in [1.29, 1.82) is 0 Å². The number of methoxy groups -OCH3 is 1. The molecule has 1 unspecified atom stereocenters. The third kappa shape index (κ3) is 4.40. The summed E-state index contributed by atoms with van der Waals surface area (Å²) in [4.78, 5) is 24.8. The van der Waals surface area contributed by atoms with E-state index in [1.165, 1.54) is 51.0 Å². The Balaban J connectivity index is 1.68. The number of hydrogen-bond donors (Lipinski definition) is 1. The van der Waals surface area contributed by atoms with E-state index >= 15 is 0 Å². The number of nitrogens with one attached hydrogen (secondary N) is 1. The summed E-state index contributed by atoms with van der Waals surface area (Å²) in [6.45, 7) is 1.99. The summed E-state index contributed by atoms with van der Waals surface area (Å²) >= 11 is 0. The van der Waals surface area contributed by atoms with Crippen molar-refractivity contribution >= 4 is 23.4 Å². The lowest BCUT2D eigenvalue weighted by atomic mass is 10.1. The standard InChI is InChI=1S/C19H25N3O4/c1-26-19(23)9-7-14-6-8-17(18(12-14)22(24)25)20-15-10-11-21(13-15)16-4-2-3-5-16/h6-9,12,15-16,20H,2-5,10-11,13H2,1H3/b9-7+.